The summed E-state index contributed by atoms with van der Waals surface area (Å²) in [7, 11) is 0. The maximum Gasteiger partial charge on any atom is 0.0485 e. The predicted molar refractivity (Wildman–Crippen MR) is 85.7 cm³/mol. The summed E-state index contributed by atoms with van der Waals surface area (Å²) in [4.78, 5) is 4.61. The van der Waals surface area contributed by atoms with Gasteiger partial charge in [0, 0.05) is 28.3 Å². The number of aryl methyl sites for hydroxylation is 1. The molecule has 0 saturated heterocycles. The molecule has 1 aliphatic carbocycles. The van der Waals surface area contributed by atoms with E-state index >= 15 is 0 Å². The summed E-state index contributed by atoms with van der Waals surface area (Å²) in [5.41, 5.74) is 11.6. The van der Waals surface area contributed by atoms with E-state index in [-0.39, 0.29) is 6.04 Å². The number of aromatic nitrogens is 1. The average molecular weight is 331 g/mol. The third-order valence-electron chi connectivity index (χ3n) is 4.34. The second-order valence-electron chi connectivity index (χ2n) is 5.53. The Hall–Kier alpha value is -1.19. The molecule has 1 aliphatic rings. The molecule has 0 aliphatic heterocycles. The van der Waals surface area contributed by atoms with Crippen LogP contribution < -0.4 is 5.73 Å². The molecule has 1 aromatic heterocycles. The fourth-order valence-corrected chi connectivity index (χ4v) is 3.58. The molecule has 0 saturated carbocycles. The SMILES string of the molecule is Cc1c(Br)cccc1C(N)C1CCCc2cccnc21. The summed E-state index contributed by atoms with van der Waals surface area (Å²) >= 11 is 3.60. The van der Waals surface area contributed by atoms with Crippen LogP contribution in [-0.4, -0.2) is 4.98 Å². The van der Waals surface area contributed by atoms with Crippen LogP contribution in [0.1, 0.15) is 47.2 Å². The van der Waals surface area contributed by atoms with Crippen LogP contribution in [0.25, 0.3) is 0 Å². The molecule has 3 heteroatoms. The van der Waals surface area contributed by atoms with Crippen molar-refractivity contribution in [3.05, 3.63) is 63.4 Å². The second-order valence-corrected chi connectivity index (χ2v) is 6.38. The molecule has 2 N–H and O–H groups in total. The fraction of sp³-hybridized carbons (Fsp3) is 0.353. The Labute approximate surface area is 128 Å². The third kappa shape index (κ3) is 2.40. The second kappa shape index (κ2) is 5.66. The molecule has 0 spiro atoms. The first kappa shape index (κ1) is 13.8. The van der Waals surface area contributed by atoms with Gasteiger partial charge in [0.1, 0.15) is 0 Å². The smallest absolute Gasteiger partial charge is 0.0485 e. The van der Waals surface area contributed by atoms with Crippen LogP contribution in [-0.2, 0) is 6.42 Å². The lowest BCUT2D eigenvalue weighted by atomic mass is 9.79. The summed E-state index contributed by atoms with van der Waals surface area (Å²) in [6, 6.07) is 10.5. The molecule has 104 valence electrons. The summed E-state index contributed by atoms with van der Waals surface area (Å²) in [6.07, 6.45) is 5.34. The molecule has 2 aromatic rings. The highest BCUT2D eigenvalue weighted by molar-refractivity contribution is 9.10. The molecular weight excluding hydrogens is 312 g/mol. The van der Waals surface area contributed by atoms with E-state index in [4.69, 9.17) is 5.73 Å². The number of hydrogen-bond acceptors (Lipinski definition) is 2. The van der Waals surface area contributed by atoms with Gasteiger partial charge in [-0.15, -0.1) is 0 Å². The minimum Gasteiger partial charge on any atom is -0.323 e. The minimum absolute atomic E-state index is 0.0152. The van der Waals surface area contributed by atoms with Crippen molar-refractivity contribution in [3.63, 3.8) is 0 Å². The van der Waals surface area contributed by atoms with Gasteiger partial charge >= 0.3 is 0 Å². The predicted octanol–water partition coefficient (Wildman–Crippen LogP) is 4.27. The number of nitrogens with two attached hydrogens (primary N) is 1. The molecule has 0 fully saturated rings. The minimum atomic E-state index is 0.0152. The van der Waals surface area contributed by atoms with Crippen molar-refractivity contribution in [3.8, 4) is 0 Å². The van der Waals surface area contributed by atoms with Crippen molar-refractivity contribution >= 4 is 15.9 Å². The Kier molecular flexibility index (Phi) is 3.90. The van der Waals surface area contributed by atoms with Gasteiger partial charge in [-0.05, 0) is 55.0 Å². The molecule has 1 aromatic carbocycles. The highest BCUT2D eigenvalue weighted by Crippen LogP contribution is 2.39. The van der Waals surface area contributed by atoms with Gasteiger partial charge in [-0.25, -0.2) is 0 Å². The maximum atomic E-state index is 6.59. The largest absolute Gasteiger partial charge is 0.323 e. The summed E-state index contributed by atoms with van der Waals surface area (Å²) in [6.45, 7) is 2.13. The molecular formula is C17H19BrN2. The van der Waals surface area contributed by atoms with Gasteiger partial charge in [0.2, 0.25) is 0 Å². The van der Waals surface area contributed by atoms with Crippen molar-refractivity contribution in [2.24, 2.45) is 5.73 Å². The van der Waals surface area contributed by atoms with Gasteiger partial charge in [0.05, 0.1) is 0 Å². The normalized spacial score (nSPS) is 19.4. The van der Waals surface area contributed by atoms with Crippen LogP contribution in [0.4, 0.5) is 0 Å². The summed E-state index contributed by atoms with van der Waals surface area (Å²) in [5.74, 6) is 0.327. The molecule has 0 radical (unpaired) electrons. The lowest BCUT2D eigenvalue weighted by Gasteiger charge is -2.30. The van der Waals surface area contributed by atoms with E-state index in [0.29, 0.717) is 5.92 Å². The lowest BCUT2D eigenvalue weighted by molar-refractivity contribution is 0.461. The zero-order valence-electron chi connectivity index (χ0n) is 11.6. The number of fused-ring (bicyclic) bond motifs is 1. The van der Waals surface area contributed by atoms with Crippen molar-refractivity contribution in [1.82, 2.24) is 4.98 Å². The van der Waals surface area contributed by atoms with Gasteiger partial charge in [-0.1, -0.05) is 34.1 Å². The van der Waals surface area contributed by atoms with Crippen LogP contribution in [0.5, 0.6) is 0 Å². The maximum absolute atomic E-state index is 6.59. The Morgan fingerprint density at radius 1 is 1.30 bits per heavy atom. The van der Waals surface area contributed by atoms with E-state index in [1.807, 2.05) is 12.3 Å². The Morgan fingerprint density at radius 3 is 3.00 bits per heavy atom. The van der Waals surface area contributed by atoms with E-state index in [1.165, 1.54) is 28.8 Å². The van der Waals surface area contributed by atoms with Gasteiger partial charge in [-0.3, -0.25) is 4.98 Å². The number of pyridine rings is 1. The van der Waals surface area contributed by atoms with Crippen LogP contribution in [0.15, 0.2) is 41.0 Å². The van der Waals surface area contributed by atoms with Gasteiger partial charge in [-0.2, -0.15) is 0 Å². The monoisotopic (exact) mass is 330 g/mol. The van der Waals surface area contributed by atoms with Crippen LogP contribution in [0.2, 0.25) is 0 Å². The number of benzene rings is 1. The van der Waals surface area contributed by atoms with E-state index in [1.54, 1.807) is 0 Å². The lowest BCUT2D eigenvalue weighted by Crippen LogP contribution is -2.25. The fourth-order valence-electron chi connectivity index (χ4n) is 3.20. The Bertz CT molecular complexity index is 624. The first-order valence-electron chi connectivity index (χ1n) is 7.13. The quantitative estimate of drug-likeness (QED) is 0.892. The number of rotatable bonds is 2. The Morgan fingerprint density at radius 2 is 2.15 bits per heavy atom. The van der Waals surface area contributed by atoms with E-state index in [9.17, 15) is 0 Å². The number of halogens is 1. The molecule has 2 nitrogen and oxygen atoms in total. The van der Waals surface area contributed by atoms with Gasteiger partial charge in [0.15, 0.2) is 0 Å². The van der Waals surface area contributed by atoms with Crippen LogP contribution >= 0.6 is 15.9 Å². The van der Waals surface area contributed by atoms with E-state index in [0.717, 1.165) is 17.3 Å². The highest BCUT2D eigenvalue weighted by atomic mass is 79.9. The summed E-state index contributed by atoms with van der Waals surface area (Å²) in [5, 5.41) is 0. The van der Waals surface area contributed by atoms with Crippen molar-refractivity contribution in [2.45, 2.75) is 38.1 Å². The third-order valence-corrected chi connectivity index (χ3v) is 5.20. The number of nitrogens with zero attached hydrogens (tertiary/aromatic N) is 1. The molecule has 1 heterocycles. The number of hydrogen-bond donors (Lipinski definition) is 1. The molecule has 2 atom stereocenters. The van der Waals surface area contributed by atoms with Gasteiger partial charge < -0.3 is 5.73 Å². The van der Waals surface area contributed by atoms with E-state index < -0.39 is 0 Å². The van der Waals surface area contributed by atoms with E-state index in [2.05, 4.69) is 52.1 Å². The molecule has 2 unspecified atom stereocenters. The highest BCUT2D eigenvalue weighted by Gasteiger charge is 2.28. The van der Waals surface area contributed by atoms with Crippen molar-refractivity contribution in [2.75, 3.05) is 0 Å². The van der Waals surface area contributed by atoms with Crippen molar-refractivity contribution < 1.29 is 0 Å². The zero-order chi connectivity index (χ0) is 14.1. The molecule has 0 amide bonds. The van der Waals surface area contributed by atoms with Crippen LogP contribution in [0, 0.1) is 6.92 Å². The topological polar surface area (TPSA) is 38.9 Å². The first-order chi connectivity index (χ1) is 9.68. The van der Waals surface area contributed by atoms with Gasteiger partial charge in [0.25, 0.3) is 0 Å². The summed E-state index contributed by atoms with van der Waals surface area (Å²) < 4.78 is 1.13. The Balaban J connectivity index is 2.00. The molecule has 0 bridgehead atoms. The molecule has 3 rings (SSSR count). The standard InChI is InChI=1S/C17H19BrN2/c1-11-13(7-3-9-15(11)18)16(19)14-8-2-5-12-6-4-10-20-17(12)14/h3-4,6-7,9-10,14,16H,2,5,8,19H2,1H3. The first-order valence-corrected chi connectivity index (χ1v) is 7.92. The molecule has 20 heavy (non-hydrogen) atoms. The zero-order valence-corrected chi connectivity index (χ0v) is 13.2. The average Bonchev–Trinajstić information content (AvgIpc) is 2.49. The van der Waals surface area contributed by atoms with Crippen molar-refractivity contribution in [1.29, 1.82) is 0 Å². The van der Waals surface area contributed by atoms with Crippen LogP contribution in [0.3, 0.4) is 0 Å².